The molecule has 4 heterocycles. The minimum absolute atomic E-state index is 0.0104. The van der Waals surface area contributed by atoms with E-state index in [1.165, 1.54) is 11.3 Å². The number of rotatable bonds is 7. The van der Waals surface area contributed by atoms with E-state index >= 15 is 0 Å². The number of aromatic nitrogens is 3. The lowest BCUT2D eigenvalue weighted by molar-refractivity contribution is 0.00859. The van der Waals surface area contributed by atoms with E-state index in [2.05, 4.69) is 9.88 Å². The predicted molar refractivity (Wildman–Crippen MR) is 176 cm³/mol. The Morgan fingerprint density at radius 3 is 2.64 bits per heavy atom. The summed E-state index contributed by atoms with van der Waals surface area (Å²) < 4.78 is 37.6. The van der Waals surface area contributed by atoms with Gasteiger partial charge in [-0.3, -0.25) is 19.2 Å². The van der Waals surface area contributed by atoms with Crippen LogP contribution < -0.4 is 10.3 Å². The zero-order chi connectivity index (χ0) is 32.9. The minimum Gasteiger partial charge on any atom is -0.491 e. The number of fused-ring (bicyclic) bond motifs is 3. The molecular weight excluding hydrogens is 622 g/mol. The van der Waals surface area contributed by atoms with Crippen molar-refractivity contribution in [2.75, 3.05) is 19.7 Å². The van der Waals surface area contributed by atoms with Gasteiger partial charge in [0.25, 0.3) is 11.5 Å². The Balaban J connectivity index is 1.06. The highest BCUT2D eigenvalue weighted by molar-refractivity contribution is 7.18. The van der Waals surface area contributed by atoms with Gasteiger partial charge in [-0.05, 0) is 84.0 Å². The van der Waals surface area contributed by atoms with Crippen molar-refractivity contribution in [2.24, 2.45) is 5.41 Å². The van der Waals surface area contributed by atoms with E-state index in [9.17, 15) is 23.5 Å². The molecule has 3 aliphatic carbocycles. The van der Waals surface area contributed by atoms with Gasteiger partial charge >= 0.3 is 5.97 Å². The Bertz CT molecular complexity index is 2020. The maximum atomic E-state index is 14.4. The summed E-state index contributed by atoms with van der Waals surface area (Å²) in [5.74, 6) is -2.28. The lowest BCUT2D eigenvalue weighted by Gasteiger charge is -2.42. The zero-order valence-corrected chi connectivity index (χ0v) is 27.7. The number of aromatic carboxylic acids is 1. The molecule has 2 spiro atoms. The molecule has 1 aromatic carbocycles. The van der Waals surface area contributed by atoms with Crippen molar-refractivity contribution >= 4 is 27.5 Å². The van der Waals surface area contributed by atoms with Gasteiger partial charge < -0.3 is 9.84 Å². The molecule has 3 fully saturated rings. The molecule has 0 amide bonds. The van der Waals surface area contributed by atoms with Crippen molar-refractivity contribution in [2.45, 2.75) is 89.6 Å². The highest BCUT2D eigenvalue weighted by Gasteiger charge is 2.71. The number of hydrogen-bond donors (Lipinski definition) is 1. The van der Waals surface area contributed by atoms with Gasteiger partial charge in [0.05, 0.1) is 33.4 Å². The summed E-state index contributed by atoms with van der Waals surface area (Å²) in [5.41, 5.74) is 4.71. The largest absolute Gasteiger partial charge is 0.491 e. The number of carboxylic acid groups (broad SMARTS) is 1. The number of pyridine rings is 1. The summed E-state index contributed by atoms with van der Waals surface area (Å²) in [5, 5.41) is 11.3. The Labute approximate surface area is 275 Å². The Hall–Kier alpha value is -3.70. The number of halogens is 2. The predicted octanol–water partition coefficient (Wildman–Crippen LogP) is 6.69. The van der Waals surface area contributed by atoms with Crippen LogP contribution in [0.4, 0.5) is 8.78 Å². The molecule has 4 aliphatic rings. The number of thiophene rings is 1. The van der Waals surface area contributed by atoms with Gasteiger partial charge in [-0.1, -0.05) is 11.6 Å². The molecule has 0 bridgehead atoms. The lowest BCUT2D eigenvalue weighted by Crippen LogP contribution is -2.50. The molecular formula is C36H38F2N4O4S. The SMILES string of the molecule is Cc1ccc(OCCn2c(C)nc3c(c2=O)C[C@H](N2CCC[C@@]4(C2)CC4(F)F)CC32CC2)c(-c2cc(C)nc3c(C(=O)O)csc23)c1. The van der Waals surface area contributed by atoms with Crippen LogP contribution in [0.15, 0.2) is 34.4 Å². The normalized spacial score (nSPS) is 24.1. The molecule has 1 N–H and O–H groups in total. The summed E-state index contributed by atoms with van der Waals surface area (Å²) in [4.78, 5) is 37.7. The molecule has 3 aromatic heterocycles. The van der Waals surface area contributed by atoms with Crippen LogP contribution in [0.2, 0.25) is 0 Å². The van der Waals surface area contributed by atoms with E-state index in [4.69, 9.17) is 9.72 Å². The smallest absolute Gasteiger partial charge is 0.338 e. The van der Waals surface area contributed by atoms with Gasteiger partial charge in [-0.25, -0.2) is 18.6 Å². The third-order valence-corrected chi connectivity index (χ3v) is 12.1. The van der Waals surface area contributed by atoms with Crippen LogP contribution in [0, 0.1) is 26.2 Å². The van der Waals surface area contributed by atoms with Crippen molar-refractivity contribution in [3.05, 3.63) is 73.9 Å². The van der Waals surface area contributed by atoms with Crippen LogP contribution in [0.3, 0.4) is 0 Å². The highest BCUT2D eigenvalue weighted by Crippen LogP contribution is 2.65. The quantitative estimate of drug-likeness (QED) is 0.236. The number of ether oxygens (including phenoxy) is 1. The van der Waals surface area contributed by atoms with E-state index in [0.717, 1.165) is 64.9 Å². The van der Waals surface area contributed by atoms with E-state index in [1.807, 2.05) is 45.0 Å². The van der Waals surface area contributed by atoms with Gasteiger partial charge in [0.15, 0.2) is 0 Å². The van der Waals surface area contributed by atoms with Gasteiger partial charge in [0, 0.05) is 52.2 Å². The summed E-state index contributed by atoms with van der Waals surface area (Å²) in [7, 11) is 0. The fraction of sp³-hybridized carbons (Fsp3) is 0.500. The number of benzene rings is 1. The Morgan fingerprint density at radius 1 is 1.13 bits per heavy atom. The van der Waals surface area contributed by atoms with Crippen LogP contribution in [-0.2, 0) is 18.4 Å². The molecule has 246 valence electrons. The number of nitrogens with zero attached hydrogens (tertiary/aromatic N) is 4. The molecule has 1 aliphatic heterocycles. The molecule has 2 saturated carbocycles. The zero-order valence-electron chi connectivity index (χ0n) is 26.9. The van der Waals surface area contributed by atoms with E-state index < -0.39 is 17.3 Å². The molecule has 4 aromatic rings. The second-order valence-corrected chi connectivity index (χ2v) is 15.2. The first-order chi connectivity index (χ1) is 22.4. The van der Waals surface area contributed by atoms with Crippen LogP contribution in [0.1, 0.15) is 77.2 Å². The van der Waals surface area contributed by atoms with Crippen molar-refractivity contribution in [1.29, 1.82) is 0 Å². The number of hydrogen-bond acceptors (Lipinski definition) is 7. The molecule has 11 heteroatoms. The third kappa shape index (κ3) is 4.99. The molecule has 0 unspecified atom stereocenters. The first-order valence-corrected chi connectivity index (χ1v) is 17.4. The second kappa shape index (κ2) is 10.7. The molecule has 0 radical (unpaired) electrons. The van der Waals surface area contributed by atoms with Crippen LogP contribution >= 0.6 is 11.3 Å². The van der Waals surface area contributed by atoms with Gasteiger partial charge in [-0.15, -0.1) is 11.3 Å². The second-order valence-electron chi connectivity index (χ2n) is 14.3. The minimum atomic E-state index is -2.56. The molecule has 1 saturated heterocycles. The molecule has 2 atom stereocenters. The maximum Gasteiger partial charge on any atom is 0.338 e. The Kier molecular flexibility index (Phi) is 6.94. The number of carboxylic acids is 1. The van der Waals surface area contributed by atoms with Crippen molar-refractivity contribution in [3.8, 4) is 16.9 Å². The molecule has 8 rings (SSSR count). The summed E-state index contributed by atoms with van der Waals surface area (Å²) in [6, 6.07) is 7.94. The first-order valence-electron chi connectivity index (χ1n) is 16.5. The van der Waals surface area contributed by atoms with Crippen molar-refractivity contribution < 1.29 is 23.4 Å². The van der Waals surface area contributed by atoms with Crippen molar-refractivity contribution in [3.63, 3.8) is 0 Å². The van der Waals surface area contributed by atoms with E-state index in [1.54, 1.807) is 9.95 Å². The molecule has 47 heavy (non-hydrogen) atoms. The number of piperidine rings is 1. The van der Waals surface area contributed by atoms with Gasteiger partial charge in [-0.2, -0.15) is 0 Å². The topological polar surface area (TPSA) is 97.6 Å². The maximum absolute atomic E-state index is 14.4. The number of carbonyl (C=O) groups is 1. The first kappa shape index (κ1) is 30.6. The third-order valence-electron chi connectivity index (χ3n) is 11.1. The summed E-state index contributed by atoms with van der Waals surface area (Å²) >= 11 is 1.35. The highest BCUT2D eigenvalue weighted by atomic mass is 32.1. The lowest BCUT2D eigenvalue weighted by atomic mass is 9.79. The monoisotopic (exact) mass is 660 g/mol. The van der Waals surface area contributed by atoms with Crippen LogP contribution in [-0.4, -0.2) is 62.2 Å². The van der Waals surface area contributed by atoms with Gasteiger partial charge in [0.2, 0.25) is 0 Å². The number of alkyl halides is 2. The fourth-order valence-electron chi connectivity index (χ4n) is 8.31. The fourth-order valence-corrected chi connectivity index (χ4v) is 9.32. The van der Waals surface area contributed by atoms with Crippen LogP contribution in [0.25, 0.3) is 21.3 Å². The average Bonchev–Trinajstić information content (AvgIpc) is 3.83. The van der Waals surface area contributed by atoms with Gasteiger partial charge in [0.1, 0.15) is 18.2 Å². The average molecular weight is 661 g/mol. The van der Waals surface area contributed by atoms with E-state index in [-0.39, 0.29) is 35.6 Å². The summed E-state index contributed by atoms with van der Waals surface area (Å²) in [6.07, 6.45) is 4.76. The van der Waals surface area contributed by atoms with Crippen LogP contribution in [0.5, 0.6) is 5.75 Å². The standard InChI is InChI=1S/C36H38F2N4O4S/c1-20-5-6-28(24(13-20)25-14-21(2)39-29-27(33(44)45)17-47-30(25)29)46-12-11-42-22(3)40-31-26(32(42)43)15-23(16-34(31)8-9-34)41-10-4-7-35(19-41)18-36(35,37)38/h5-6,13-14,17,23H,4,7-12,15-16,18-19H2,1-3H3,(H,44,45)/t23-,35-/m0/s1. The number of likely N-dealkylation sites (tertiary alicyclic amines) is 1. The molecule has 8 nitrogen and oxygen atoms in total. The summed E-state index contributed by atoms with van der Waals surface area (Å²) in [6.45, 7) is 7.48. The number of aryl methyl sites for hydroxylation is 3. The van der Waals surface area contributed by atoms with Crippen molar-refractivity contribution in [1.82, 2.24) is 19.4 Å². The Morgan fingerprint density at radius 2 is 1.91 bits per heavy atom. The van der Waals surface area contributed by atoms with E-state index in [0.29, 0.717) is 48.7 Å².